The Morgan fingerprint density at radius 1 is 0.273 bits per heavy atom. The molecule has 88 heavy (non-hydrogen) atoms. The highest BCUT2D eigenvalue weighted by Gasteiger charge is 2.44. The summed E-state index contributed by atoms with van der Waals surface area (Å²) in [5, 5.41) is 4.90. The lowest BCUT2D eigenvalue weighted by Gasteiger charge is -2.45. The number of nitrogens with zero attached hydrogens (tertiary/aromatic N) is 4. The van der Waals surface area contributed by atoms with Crippen molar-refractivity contribution in [1.29, 1.82) is 0 Å². The van der Waals surface area contributed by atoms with E-state index in [4.69, 9.17) is 0 Å². The van der Waals surface area contributed by atoms with E-state index in [0.717, 1.165) is 29.2 Å². The van der Waals surface area contributed by atoms with Gasteiger partial charge in [-0.05, 0) is 187 Å². The van der Waals surface area contributed by atoms with E-state index in [2.05, 4.69) is 343 Å². The van der Waals surface area contributed by atoms with Gasteiger partial charge < -0.3 is 18.9 Å². The molecule has 416 valence electrons. The highest BCUT2D eigenvalue weighted by Crippen LogP contribution is 2.48. The first-order valence-corrected chi connectivity index (χ1v) is 30.8. The largest absolute Gasteiger partial charge is 0.311 e. The van der Waals surface area contributed by atoms with Crippen LogP contribution in [0.25, 0.3) is 99.5 Å². The molecule has 0 unspecified atom stereocenters. The van der Waals surface area contributed by atoms with Crippen molar-refractivity contribution >= 4 is 101 Å². The van der Waals surface area contributed by atoms with Crippen molar-refractivity contribution in [3.05, 3.63) is 309 Å². The van der Waals surface area contributed by atoms with Gasteiger partial charge in [0, 0.05) is 67.0 Å². The Morgan fingerprint density at radius 2 is 0.580 bits per heavy atom. The first-order chi connectivity index (χ1) is 43.3. The van der Waals surface area contributed by atoms with Crippen molar-refractivity contribution in [3.63, 3.8) is 0 Å². The van der Waals surface area contributed by atoms with Crippen LogP contribution in [-0.4, -0.2) is 15.8 Å². The van der Waals surface area contributed by atoms with E-state index < -0.39 is 0 Å². The first kappa shape index (κ1) is 51.5. The van der Waals surface area contributed by atoms with Crippen molar-refractivity contribution in [1.82, 2.24) is 9.13 Å². The Labute approximate surface area is 514 Å². The van der Waals surface area contributed by atoms with Gasteiger partial charge in [-0.25, -0.2) is 0 Å². The third-order valence-electron chi connectivity index (χ3n) is 18.3. The van der Waals surface area contributed by atoms with Gasteiger partial charge in [0.05, 0.1) is 22.1 Å². The van der Waals surface area contributed by atoms with Crippen LogP contribution >= 0.6 is 0 Å². The molecule has 2 aliphatic heterocycles. The van der Waals surface area contributed by atoms with E-state index >= 15 is 0 Å². The standard InChI is InChI=1S/C83H61BN4/c1-83(2,3)54-55-46-80-82-81(47-55)86(65-32-20-9-21-33-65)79-53-67(88-76-44-36-62(58-26-14-6-15-27-58)50-70(76)71-51-63(37-45-77(71)88)59-28-16-7-17-29-59)39-41-73(79)84(82)72-40-38-66(52-78(72)85(80)64-30-18-8-19-31-64)87-74-42-34-60(56-22-10-4-11-23-56)48-68(74)69-49-61(35-43-75(69)87)57-24-12-5-13-25-57/h4-53H,54H2,1-3H3. The van der Waals surface area contributed by atoms with Crippen LogP contribution in [0.3, 0.4) is 0 Å². The van der Waals surface area contributed by atoms with Gasteiger partial charge in [0.15, 0.2) is 0 Å². The highest BCUT2D eigenvalue weighted by atomic mass is 15.2. The quantitative estimate of drug-likeness (QED) is 0.134. The second-order valence-electron chi connectivity index (χ2n) is 25.1. The summed E-state index contributed by atoms with van der Waals surface area (Å²) >= 11 is 0. The maximum Gasteiger partial charge on any atom is 0.252 e. The van der Waals surface area contributed by atoms with Crippen molar-refractivity contribution in [2.45, 2.75) is 27.2 Å². The Balaban J connectivity index is 0.916. The molecule has 0 saturated heterocycles. The molecular weight excluding hydrogens is 1060 g/mol. The van der Waals surface area contributed by atoms with Crippen molar-refractivity contribution in [3.8, 4) is 55.9 Å². The third kappa shape index (κ3) is 8.52. The summed E-state index contributed by atoms with van der Waals surface area (Å²) in [5.74, 6) is 0. The number of benzene rings is 13. The van der Waals surface area contributed by atoms with Gasteiger partial charge in [-0.3, -0.25) is 0 Å². The second kappa shape index (κ2) is 20.4. The molecule has 2 aliphatic rings. The molecule has 0 atom stereocenters. The smallest absolute Gasteiger partial charge is 0.252 e. The van der Waals surface area contributed by atoms with Crippen LogP contribution in [0, 0.1) is 5.41 Å². The third-order valence-corrected chi connectivity index (χ3v) is 18.3. The summed E-state index contributed by atoms with van der Waals surface area (Å²) < 4.78 is 5.01. The Kier molecular flexibility index (Phi) is 11.9. The van der Waals surface area contributed by atoms with Gasteiger partial charge in [0.1, 0.15) is 0 Å². The van der Waals surface area contributed by atoms with Gasteiger partial charge in [-0.1, -0.05) is 215 Å². The molecule has 0 N–H and O–H groups in total. The predicted molar refractivity (Wildman–Crippen MR) is 374 cm³/mol. The van der Waals surface area contributed by atoms with Crippen LogP contribution in [0.15, 0.2) is 303 Å². The number of aromatic nitrogens is 2. The molecule has 4 heterocycles. The van der Waals surface area contributed by atoms with Gasteiger partial charge >= 0.3 is 0 Å². The first-order valence-electron chi connectivity index (χ1n) is 30.8. The summed E-state index contributed by atoms with van der Waals surface area (Å²) in [4.78, 5) is 5.15. The molecule has 15 aromatic rings. The number of hydrogen-bond acceptors (Lipinski definition) is 2. The van der Waals surface area contributed by atoms with E-state index in [1.165, 1.54) is 133 Å². The van der Waals surface area contributed by atoms with Crippen LogP contribution in [0.5, 0.6) is 0 Å². The van der Waals surface area contributed by atoms with E-state index in [1.807, 2.05) is 0 Å². The van der Waals surface area contributed by atoms with Gasteiger partial charge in [-0.2, -0.15) is 0 Å². The van der Waals surface area contributed by atoms with Crippen LogP contribution in [-0.2, 0) is 6.42 Å². The minimum absolute atomic E-state index is 0.0174. The lowest BCUT2D eigenvalue weighted by Crippen LogP contribution is -2.61. The number of anilines is 6. The summed E-state index contributed by atoms with van der Waals surface area (Å²) in [6, 6.07) is 113. The van der Waals surface area contributed by atoms with Crippen LogP contribution in [0.2, 0.25) is 0 Å². The maximum absolute atomic E-state index is 2.57. The number of para-hydroxylation sites is 2. The van der Waals surface area contributed by atoms with E-state index in [9.17, 15) is 0 Å². The number of fused-ring (bicyclic) bond motifs is 10. The minimum atomic E-state index is -0.0956. The Hall–Kier alpha value is -10.9. The molecule has 13 aromatic carbocycles. The summed E-state index contributed by atoms with van der Waals surface area (Å²) in [6.45, 7) is 7.00. The van der Waals surface area contributed by atoms with Crippen LogP contribution in [0.1, 0.15) is 26.3 Å². The molecule has 17 rings (SSSR count). The number of hydrogen-bond donors (Lipinski definition) is 0. The molecule has 4 nitrogen and oxygen atoms in total. The summed E-state index contributed by atoms with van der Waals surface area (Å²) in [6.07, 6.45) is 0.900. The van der Waals surface area contributed by atoms with Gasteiger partial charge in [-0.15, -0.1) is 0 Å². The van der Waals surface area contributed by atoms with E-state index in [-0.39, 0.29) is 12.1 Å². The monoisotopic (exact) mass is 1120 g/mol. The van der Waals surface area contributed by atoms with Crippen molar-refractivity contribution in [2.75, 3.05) is 9.80 Å². The molecule has 0 bridgehead atoms. The normalized spacial score (nSPS) is 12.7. The fraction of sp³-hybridized carbons (Fsp3) is 0.0602. The zero-order chi connectivity index (χ0) is 58.6. The fourth-order valence-electron chi connectivity index (χ4n) is 14.6. The molecule has 2 aromatic heterocycles. The van der Waals surface area contributed by atoms with E-state index in [0.29, 0.717) is 0 Å². The topological polar surface area (TPSA) is 16.3 Å². The second-order valence-corrected chi connectivity index (χ2v) is 25.1. The summed E-state index contributed by atoms with van der Waals surface area (Å²) in [5.41, 5.74) is 28.7. The lowest BCUT2D eigenvalue weighted by atomic mass is 9.33. The van der Waals surface area contributed by atoms with Crippen LogP contribution in [0.4, 0.5) is 34.1 Å². The molecule has 0 fully saturated rings. The molecule has 0 amide bonds. The SMILES string of the molecule is CC(C)(C)Cc1cc2c3c(c1)N(c1ccccc1)c1cc(-n4c5ccc(-c6ccccc6)cc5c5cc(-c6ccccc6)ccc54)ccc1B3c1ccc(-n3c4ccc(-c5ccccc5)cc4c4cc(-c5ccccc5)ccc43)cc1N2c1ccccc1. The van der Waals surface area contributed by atoms with Crippen molar-refractivity contribution in [2.24, 2.45) is 5.41 Å². The lowest BCUT2D eigenvalue weighted by molar-refractivity contribution is 0.411. The summed E-state index contributed by atoms with van der Waals surface area (Å²) in [7, 11) is 0. The Morgan fingerprint density at radius 3 is 0.886 bits per heavy atom. The van der Waals surface area contributed by atoms with Gasteiger partial charge in [0.2, 0.25) is 0 Å². The molecular formula is C83H61BN4. The van der Waals surface area contributed by atoms with Crippen LogP contribution < -0.4 is 26.2 Å². The number of rotatable bonds is 9. The molecule has 0 radical (unpaired) electrons. The maximum atomic E-state index is 2.57. The predicted octanol–water partition coefficient (Wildman–Crippen LogP) is 20.2. The van der Waals surface area contributed by atoms with Gasteiger partial charge in [0.25, 0.3) is 6.71 Å². The van der Waals surface area contributed by atoms with Crippen molar-refractivity contribution < 1.29 is 0 Å². The molecule has 0 spiro atoms. The minimum Gasteiger partial charge on any atom is -0.311 e. The average Bonchev–Trinajstić information content (AvgIpc) is 0.772. The molecule has 0 aliphatic carbocycles. The molecule has 0 saturated carbocycles. The average molecular weight is 1130 g/mol. The highest BCUT2D eigenvalue weighted by molar-refractivity contribution is 7.00. The zero-order valence-electron chi connectivity index (χ0n) is 49.4. The fourth-order valence-corrected chi connectivity index (χ4v) is 14.6. The van der Waals surface area contributed by atoms with E-state index in [1.54, 1.807) is 0 Å². The molecule has 5 heteroatoms. The Bertz CT molecular complexity index is 4690. The zero-order valence-corrected chi connectivity index (χ0v) is 49.4.